The normalized spacial score (nSPS) is 16.3. The lowest BCUT2D eigenvalue weighted by atomic mass is 9.66. The number of carbonyl (C=O) groups excluding carboxylic acids is 1. The van der Waals surface area contributed by atoms with E-state index >= 15 is 0 Å². The summed E-state index contributed by atoms with van der Waals surface area (Å²) in [4.78, 5) is 23.1. The molecule has 1 saturated carbocycles. The second-order valence-electron chi connectivity index (χ2n) is 5.98. The molecular formula is C16H21NO3. The lowest BCUT2D eigenvalue weighted by molar-refractivity contribution is -0.141. The van der Waals surface area contributed by atoms with E-state index in [0.717, 1.165) is 30.4 Å². The highest BCUT2D eigenvalue weighted by Crippen LogP contribution is 2.43. The summed E-state index contributed by atoms with van der Waals surface area (Å²) in [5, 5.41) is 11.9. The van der Waals surface area contributed by atoms with Crippen LogP contribution in [0.3, 0.4) is 0 Å². The molecule has 2 rings (SSSR count). The Kier molecular flexibility index (Phi) is 4.12. The van der Waals surface area contributed by atoms with Crippen molar-refractivity contribution in [3.8, 4) is 0 Å². The summed E-state index contributed by atoms with van der Waals surface area (Å²) >= 11 is 0. The largest absolute Gasteiger partial charge is 0.481 e. The molecule has 1 fully saturated rings. The van der Waals surface area contributed by atoms with Gasteiger partial charge in [0.2, 0.25) is 0 Å². The molecule has 1 aromatic carbocycles. The van der Waals surface area contributed by atoms with E-state index in [4.69, 9.17) is 5.11 Å². The van der Waals surface area contributed by atoms with Crippen LogP contribution in [0.5, 0.6) is 0 Å². The topological polar surface area (TPSA) is 66.4 Å². The minimum atomic E-state index is -0.787. The second-order valence-corrected chi connectivity index (χ2v) is 5.98. The van der Waals surface area contributed by atoms with Gasteiger partial charge in [-0.25, -0.2) is 0 Å². The number of carbonyl (C=O) groups is 2. The van der Waals surface area contributed by atoms with Gasteiger partial charge in [-0.05, 0) is 44.2 Å². The zero-order valence-corrected chi connectivity index (χ0v) is 12.0. The number of carboxylic acids is 1. The first-order valence-electron chi connectivity index (χ1n) is 6.99. The minimum Gasteiger partial charge on any atom is -0.481 e. The maximum Gasteiger partial charge on any atom is 0.303 e. The standard InChI is InChI=1S/C16H21NO3/c1-11-6-12(2)8-13(7-11)15(20)17-10-16(4-3-5-16)9-14(18)19/h6-8H,3-5,9-10H2,1-2H3,(H,17,20)(H,18,19). The van der Waals surface area contributed by atoms with Crippen molar-refractivity contribution >= 4 is 11.9 Å². The predicted octanol–water partition coefficient (Wildman–Crippen LogP) is 2.68. The van der Waals surface area contributed by atoms with Gasteiger partial charge in [-0.3, -0.25) is 9.59 Å². The highest BCUT2D eigenvalue weighted by molar-refractivity contribution is 5.94. The van der Waals surface area contributed by atoms with Crippen LogP contribution >= 0.6 is 0 Å². The number of aryl methyl sites for hydroxylation is 2. The van der Waals surface area contributed by atoms with Gasteiger partial charge in [0, 0.05) is 12.1 Å². The fraction of sp³-hybridized carbons (Fsp3) is 0.500. The summed E-state index contributed by atoms with van der Waals surface area (Å²) in [7, 11) is 0. The molecule has 0 atom stereocenters. The SMILES string of the molecule is Cc1cc(C)cc(C(=O)NCC2(CC(=O)O)CCC2)c1. The molecule has 108 valence electrons. The number of rotatable bonds is 5. The van der Waals surface area contributed by atoms with Crippen molar-refractivity contribution in [2.45, 2.75) is 39.5 Å². The lowest BCUT2D eigenvalue weighted by Gasteiger charge is -2.40. The maximum absolute atomic E-state index is 12.2. The van der Waals surface area contributed by atoms with Crippen LogP contribution in [0.25, 0.3) is 0 Å². The quantitative estimate of drug-likeness (QED) is 0.868. The summed E-state index contributed by atoms with van der Waals surface area (Å²) in [5.74, 6) is -0.904. The number of benzene rings is 1. The summed E-state index contributed by atoms with van der Waals surface area (Å²) in [6.45, 7) is 4.37. The third kappa shape index (κ3) is 3.38. The van der Waals surface area contributed by atoms with E-state index in [1.165, 1.54) is 0 Å². The van der Waals surface area contributed by atoms with E-state index < -0.39 is 5.97 Å². The molecule has 1 aliphatic carbocycles. The molecule has 1 aromatic rings. The summed E-state index contributed by atoms with van der Waals surface area (Å²) < 4.78 is 0. The van der Waals surface area contributed by atoms with E-state index in [-0.39, 0.29) is 17.7 Å². The molecule has 0 heterocycles. The van der Waals surface area contributed by atoms with Crippen LogP contribution in [0.2, 0.25) is 0 Å². The molecule has 2 N–H and O–H groups in total. The first-order valence-corrected chi connectivity index (χ1v) is 6.99. The van der Waals surface area contributed by atoms with Crippen LogP contribution < -0.4 is 5.32 Å². The van der Waals surface area contributed by atoms with Crippen molar-refractivity contribution in [3.05, 3.63) is 34.9 Å². The zero-order valence-electron chi connectivity index (χ0n) is 12.0. The predicted molar refractivity (Wildman–Crippen MR) is 76.8 cm³/mol. The molecular weight excluding hydrogens is 254 g/mol. The highest BCUT2D eigenvalue weighted by atomic mass is 16.4. The Hall–Kier alpha value is -1.84. The van der Waals surface area contributed by atoms with Crippen molar-refractivity contribution in [2.75, 3.05) is 6.54 Å². The average Bonchev–Trinajstić information content (AvgIpc) is 2.30. The van der Waals surface area contributed by atoms with Crippen LogP contribution in [0.1, 0.15) is 47.2 Å². The third-order valence-corrected chi connectivity index (χ3v) is 4.05. The molecule has 0 bridgehead atoms. The Morgan fingerprint density at radius 2 is 1.80 bits per heavy atom. The number of aliphatic carboxylic acids is 1. The van der Waals surface area contributed by atoms with E-state index in [1.54, 1.807) is 0 Å². The number of nitrogens with one attached hydrogen (secondary N) is 1. The third-order valence-electron chi connectivity index (χ3n) is 4.05. The van der Waals surface area contributed by atoms with Gasteiger partial charge >= 0.3 is 5.97 Å². The molecule has 4 nitrogen and oxygen atoms in total. The number of amides is 1. The van der Waals surface area contributed by atoms with Crippen molar-refractivity contribution in [2.24, 2.45) is 5.41 Å². The van der Waals surface area contributed by atoms with Crippen molar-refractivity contribution in [3.63, 3.8) is 0 Å². The summed E-state index contributed by atoms with van der Waals surface area (Å²) in [6, 6.07) is 5.73. The molecule has 0 unspecified atom stereocenters. The Morgan fingerprint density at radius 1 is 1.20 bits per heavy atom. The van der Waals surface area contributed by atoms with Crippen LogP contribution in [0, 0.1) is 19.3 Å². The van der Waals surface area contributed by atoms with Crippen LogP contribution in [0.4, 0.5) is 0 Å². The van der Waals surface area contributed by atoms with E-state index in [9.17, 15) is 9.59 Å². The van der Waals surface area contributed by atoms with Crippen molar-refractivity contribution in [1.29, 1.82) is 0 Å². The summed E-state index contributed by atoms with van der Waals surface area (Å²) in [6.07, 6.45) is 2.95. The molecule has 0 spiro atoms. The Labute approximate surface area is 119 Å². The highest BCUT2D eigenvalue weighted by Gasteiger charge is 2.39. The minimum absolute atomic E-state index is 0.117. The van der Waals surface area contributed by atoms with Gasteiger partial charge in [0.25, 0.3) is 5.91 Å². The summed E-state index contributed by atoms with van der Waals surface area (Å²) in [5.41, 5.74) is 2.52. The Bertz CT molecular complexity index is 512. The Balaban J connectivity index is 1.99. The molecule has 1 aliphatic rings. The molecule has 0 aliphatic heterocycles. The van der Waals surface area contributed by atoms with Gasteiger partial charge in [-0.1, -0.05) is 23.6 Å². The van der Waals surface area contributed by atoms with Crippen molar-refractivity contribution in [1.82, 2.24) is 5.32 Å². The molecule has 0 saturated heterocycles. The zero-order chi connectivity index (χ0) is 14.8. The van der Waals surface area contributed by atoms with E-state index in [0.29, 0.717) is 12.1 Å². The van der Waals surface area contributed by atoms with Crippen LogP contribution in [0.15, 0.2) is 18.2 Å². The maximum atomic E-state index is 12.2. The van der Waals surface area contributed by atoms with Gasteiger partial charge < -0.3 is 10.4 Å². The monoisotopic (exact) mass is 275 g/mol. The van der Waals surface area contributed by atoms with Gasteiger partial charge in [0.05, 0.1) is 6.42 Å². The fourth-order valence-corrected chi connectivity index (χ4v) is 2.89. The first kappa shape index (κ1) is 14.6. The van der Waals surface area contributed by atoms with Crippen LogP contribution in [-0.4, -0.2) is 23.5 Å². The molecule has 20 heavy (non-hydrogen) atoms. The molecule has 4 heteroatoms. The molecule has 0 radical (unpaired) electrons. The fourth-order valence-electron chi connectivity index (χ4n) is 2.89. The van der Waals surface area contributed by atoms with E-state index in [2.05, 4.69) is 5.32 Å². The van der Waals surface area contributed by atoms with Crippen LogP contribution in [-0.2, 0) is 4.79 Å². The molecule has 0 aromatic heterocycles. The van der Waals surface area contributed by atoms with Gasteiger partial charge in [0.1, 0.15) is 0 Å². The number of hydrogen-bond acceptors (Lipinski definition) is 2. The number of hydrogen-bond donors (Lipinski definition) is 2. The Morgan fingerprint density at radius 3 is 2.25 bits per heavy atom. The van der Waals surface area contributed by atoms with Gasteiger partial charge in [-0.2, -0.15) is 0 Å². The second kappa shape index (κ2) is 5.65. The van der Waals surface area contributed by atoms with Crippen molar-refractivity contribution < 1.29 is 14.7 Å². The van der Waals surface area contributed by atoms with Gasteiger partial charge in [0.15, 0.2) is 0 Å². The van der Waals surface area contributed by atoms with E-state index in [1.807, 2.05) is 32.0 Å². The first-order chi connectivity index (χ1) is 9.40. The number of carboxylic acid groups (broad SMARTS) is 1. The molecule has 1 amide bonds. The lowest BCUT2D eigenvalue weighted by Crippen LogP contribution is -2.43. The average molecular weight is 275 g/mol. The van der Waals surface area contributed by atoms with Gasteiger partial charge in [-0.15, -0.1) is 0 Å². The smallest absolute Gasteiger partial charge is 0.303 e.